The lowest BCUT2D eigenvalue weighted by atomic mass is 9.76. The molecule has 9 heteroatoms. The number of nitrogens with zero attached hydrogens (tertiary/aromatic N) is 2. The van der Waals surface area contributed by atoms with Crippen LogP contribution in [0.3, 0.4) is 0 Å². The van der Waals surface area contributed by atoms with E-state index in [0.29, 0.717) is 5.02 Å². The molecule has 2 aromatic rings. The third-order valence-electron chi connectivity index (χ3n) is 4.28. The Labute approximate surface area is 158 Å². The highest BCUT2D eigenvalue weighted by Gasteiger charge is 2.49. The summed E-state index contributed by atoms with van der Waals surface area (Å²) >= 11 is 11.8. The zero-order valence-corrected chi connectivity index (χ0v) is 14.9. The Bertz CT molecular complexity index is 872. The molecule has 26 heavy (non-hydrogen) atoms. The quantitative estimate of drug-likeness (QED) is 0.829. The first-order valence-electron chi connectivity index (χ1n) is 7.64. The van der Waals surface area contributed by atoms with E-state index < -0.39 is 23.2 Å². The highest BCUT2D eigenvalue weighted by atomic mass is 35.5. The molecule has 1 aromatic carbocycles. The van der Waals surface area contributed by atoms with Gasteiger partial charge in [-0.3, -0.25) is 9.78 Å². The standard InChI is InChI=1S/C17H14Cl2FN3O3/c18-10-3-4-11(12(19)6-10)15(24)22-7-17(8-23(9-17)16(25)26)14-13(20)2-1-5-21-14/h1-6H,7-9H2,(H,22,24)(H,25,26). The van der Waals surface area contributed by atoms with E-state index in [9.17, 15) is 14.0 Å². The van der Waals surface area contributed by atoms with Crippen LogP contribution in [0.5, 0.6) is 0 Å². The van der Waals surface area contributed by atoms with Gasteiger partial charge >= 0.3 is 6.09 Å². The summed E-state index contributed by atoms with van der Waals surface area (Å²) in [5, 5.41) is 12.4. The summed E-state index contributed by atoms with van der Waals surface area (Å²) in [6.07, 6.45) is 0.325. The maximum Gasteiger partial charge on any atom is 0.407 e. The Morgan fingerprint density at radius 3 is 2.65 bits per heavy atom. The Hall–Kier alpha value is -2.38. The summed E-state index contributed by atoms with van der Waals surface area (Å²) in [5.74, 6) is -1.01. The number of benzene rings is 1. The van der Waals surface area contributed by atoms with Crippen LogP contribution in [0.25, 0.3) is 0 Å². The number of rotatable bonds is 4. The van der Waals surface area contributed by atoms with Crippen molar-refractivity contribution in [2.75, 3.05) is 19.6 Å². The Kier molecular flexibility index (Phi) is 5.02. The average molecular weight is 398 g/mol. The number of carbonyl (C=O) groups is 2. The molecule has 0 spiro atoms. The first kappa shape index (κ1) is 18.4. The second kappa shape index (κ2) is 7.09. The number of carbonyl (C=O) groups excluding carboxylic acids is 1. The van der Waals surface area contributed by atoms with E-state index in [-0.39, 0.29) is 35.9 Å². The smallest absolute Gasteiger partial charge is 0.407 e. The number of hydrogen-bond donors (Lipinski definition) is 2. The van der Waals surface area contributed by atoms with Gasteiger partial charge in [-0.2, -0.15) is 0 Å². The van der Waals surface area contributed by atoms with Gasteiger partial charge in [0.25, 0.3) is 5.91 Å². The molecule has 1 aromatic heterocycles. The van der Waals surface area contributed by atoms with Crippen molar-refractivity contribution in [1.82, 2.24) is 15.2 Å². The minimum Gasteiger partial charge on any atom is -0.465 e. The fourth-order valence-electron chi connectivity index (χ4n) is 2.96. The molecule has 0 radical (unpaired) electrons. The lowest BCUT2D eigenvalue weighted by molar-refractivity contribution is 0.0536. The van der Waals surface area contributed by atoms with Gasteiger partial charge in [-0.05, 0) is 30.3 Å². The SMILES string of the molecule is O=C(NCC1(c2ncccc2F)CN(C(=O)O)C1)c1ccc(Cl)cc1Cl. The van der Waals surface area contributed by atoms with Crippen LogP contribution in [0, 0.1) is 5.82 Å². The van der Waals surface area contributed by atoms with Gasteiger partial charge in [-0.1, -0.05) is 23.2 Å². The largest absolute Gasteiger partial charge is 0.465 e. The van der Waals surface area contributed by atoms with E-state index in [4.69, 9.17) is 28.3 Å². The Morgan fingerprint density at radius 2 is 2.04 bits per heavy atom. The fraction of sp³-hybridized carbons (Fsp3) is 0.235. The van der Waals surface area contributed by atoms with Gasteiger partial charge in [-0.15, -0.1) is 0 Å². The lowest BCUT2D eigenvalue weighted by Gasteiger charge is -2.48. The topological polar surface area (TPSA) is 82.5 Å². The number of amides is 2. The number of carboxylic acid groups (broad SMARTS) is 1. The fourth-order valence-corrected chi connectivity index (χ4v) is 3.45. The summed E-state index contributed by atoms with van der Waals surface area (Å²) in [4.78, 5) is 28.7. The number of likely N-dealkylation sites (tertiary alicyclic amines) is 1. The first-order chi connectivity index (χ1) is 12.3. The second-order valence-electron chi connectivity index (χ2n) is 6.06. The number of pyridine rings is 1. The predicted octanol–water partition coefficient (Wildman–Crippen LogP) is 3.19. The lowest BCUT2D eigenvalue weighted by Crippen LogP contribution is -2.65. The van der Waals surface area contributed by atoms with Gasteiger partial charge in [0.05, 0.1) is 21.7 Å². The van der Waals surface area contributed by atoms with Crippen molar-refractivity contribution in [3.63, 3.8) is 0 Å². The number of hydrogen-bond acceptors (Lipinski definition) is 3. The van der Waals surface area contributed by atoms with E-state index >= 15 is 0 Å². The number of nitrogens with one attached hydrogen (secondary N) is 1. The molecule has 136 valence electrons. The van der Waals surface area contributed by atoms with E-state index in [0.717, 1.165) is 4.90 Å². The van der Waals surface area contributed by atoms with Crippen molar-refractivity contribution in [3.8, 4) is 0 Å². The zero-order chi connectivity index (χ0) is 18.9. The van der Waals surface area contributed by atoms with E-state index in [1.165, 1.54) is 36.5 Å². The maximum atomic E-state index is 14.2. The average Bonchev–Trinajstić information content (AvgIpc) is 2.54. The third-order valence-corrected chi connectivity index (χ3v) is 4.83. The van der Waals surface area contributed by atoms with E-state index in [1.807, 2.05) is 0 Å². The first-order valence-corrected chi connectivity index (χ1v) is 8.40. The van der Waals surface area contributed by atoms with E-state index in [1.54, 1.807) is 0 Å². The van der Waals surface area contributed by atoms with Crippen LogP contribution in [0.15, 0.2) is 36.5 Å². The molecule has 1 aliphatic rings. The molecular weight excluding hydrogens is 384 g/mol. The molecule has 2 amide bonds. The maximum absolute atomic E-state index is 14.2. The molecule has 1 saturated heterocycles. The highest BCUT2D eigenvalue weighted by molar-refractivity contribution is 6.36. The van der Waals surface area contributed by atoms with Crippen molar-refractivity contribution < 1.29 is 19.1 Å². The van der Waals surface area contributed by atoms with Crippen molar-refractivity contribution in [2.24, 2.45) is 0 Å². The van der Waals surface area contributed by atoms with Gasteiger partial charge in [0, 0.05) is 30.9 Å². The molecule has 0 bridgehead atoms. The molecule has 2 heterocycles. The summed E-state index contributed by atoms with van der Waals surface area (Å²) < 4.78 is 14.2. The van der Waals surface area contributed by atoms with Gasteiger partial charge in [-0.25, -0.2) is 9.18 Å². The van der Waals surface area contributed by atoms with Crippen LogP contribution < -0.4 is 5.32 Å². The minimum absolute atomic E-state index is 0.0164. The Morgan fingerprint density at radius 1 is 1.31 bits per heavy atom. The summed E-state index contributed by atoms with van der Waals surface area (Å²) in [6.45, 7) is 0.0816. The van der Waals surface area contributed by atoms with Crippen LogP contribution >= 0.6 is 23.2 Å². The summed E-state index contributed by atoms with van der Waals surface area (Å²) in [6, 6.07) is 7.17. The van der Waals surface area contributed by atoms with Gasteiger partial charge in [0.15, 0.2) is 0 Å². The van der Waals surface area contributed by atoms with E-state index in [2.05, 4.69) is 10.3 Å². The third kappa shape index (κ3) is 3.45. The molecule has 1 fully saturated rings. The molecular formula is C17H14Cl2FN3O3. The molecule has 0 aliphatic carbocycles. The van der Waals surface area contributed by atoms with Gasteiger partial charge in [0.2, 0.25) is 0 Å². The van der Waals surface area contributed by atoms with Crippen molar-refractivity contribution >= 4 is 35.2 Å². The monoisotopic (exact) mass is 397 g/mol. The number of aromatic nitrogens is 1. The van der Waals surface area contributed by atoms with Crippen molar-refractivity contribution in [1.29, 1.82) is 0 Å². The van der Waals surface area contributed by atoms with Crippen molar-refractivity contribution in [3.05, 3.63) is 63.6 Å². The summed E-state index contributed by atoms with van der Waals surface area (Å²) in [7, 11) is 0. The molecule has 0 saturated carbocycles. The normalized spacial score (nSPS) is 15.3. The molecule has 3 rings (SSSR count). The van der Waals surface area contributed by atoms with Crippen LogP contribution in [-0.4, -0.2) is 46.6 Å². The molecule has 6 nitrogen and oxygen atoms in total. The highest BCUT2D eigenvalue weighted by Crippen LogP contribution is 2.34. The molecule has 0 unspecified atom stereocenters. The predicted molar refractivity (Wildman–Crippen MR) is 94.3 cm³/mol. The van der Waals surface area contributed by atoms with Crippen LogP contribution in [0.2, 0.25) is 10.0 Å². The van der Waals surface area contributed by atoms with Crippen LogP contribution in [0.1, 0.15) is 16.1 Å². The number of halogens is 3. The van der Waals surface area contributed by atoms with Crippen LogP contribution in [0.4, 0.5) is 9.18 Å². The van der Waals surface area contributed by atoms with Gasteiger partial charge < -0.3 is 15.3 Å². The second-order valence-corrected chi connectivity index (χ2v) is 6.90. The Balaban J connectivity index is 1.80. The van der Waals surface area contributed by atoms with Gasteiger partial charge in [0.1, 0.15) is 5.82 Å². The van der Waals surface area contributed by atoms with Crippen LogP contribution in [-0.2, 0) is 5.41 Å². The molecule has 2 N–H and O–H groups in total. The minimum atomic E-state index is -1.11. The molecule has 1 aliphatic heterocycles. The zero-order valence-electron chi connectivity index (χ0n) is 13.4. The molecule has 0 atom stereocenters. The van der Waals surface area contributed by atoms with Crippen molar-refractivity contribution in [2.45, 2.75) is 5.41 Å². The summed E-state index contributed by atoms with van der Waals surface area (Å²) in [5.41, 5.74) is -0.583.